The van der Waals surface area contributed by atoms with Crippen LogP contribution in [-0.2, 0) is 14.3 Å². The summed E-state index contributed by atoms with van der Waals surface area (Å²) in [5.74, 6) is -1.81. The lowest BCUT2D eigenvalue weighted by Crippen LogP contribution is -2.38. The number of allylic oxidation sites excluding steroid dienone is 1. The molecule has 94 valence electrons. The molecule has 0 radical (unpaired) electrons. The van der Waals surface area contributed by atoms with Gasteiger partial charge in [-0.05, 0) is 6.92 Å². The van der Waals surface area contributed by atoms with Gasteiger partial charge in [0.1, 0.15) is 6.17 Å². The van der Waals surface area contributed by atoms with Gasteiger partial charge in [-0.25, -0.2) is 4.39 Å². The Morgan fingerprint density at radius 1 is 1.44 bits per heavy atom. The molecule has 16 heavy (non-hydrogen) atoms. The molecule has 0 aliphatic heterocycles. The molecule has 0 heterocycles. The predicted molar refractivity (Wildman–Crippen MR) is 60.6 cm³/mol. The van der Waals surface area contributed by atoms with Crippen molar-refractivity contribution in [3.8, 4) is 0 Å². The predicted octanol–water partition coefficient (Wildman–Crippen LogP) is 2.85. The largest absolute Gasteiger partial charge is 0.434 e. The fourth-order valence-corrected chi connectivity index (χ4v) is 1.40. The van der Waals surface area contributed by atoms with E-state index in [1.807, 2.05) is 0 Å². The van der Waals surface area contributed by atoms with Crippen molar-refractivity contribution in [1.82, 2.24) is 0 Å². The molecule has 0 aromatic heterocycles. The van der Waals surface area contributed by atoms with Crippen LogP contribution in [0.4, 0.5) is 4.39 Å². The molecular formula is C12H21FO3. The Balaban J connectivity index is 4.36. The van der Waals surface area contributed by atoms with Gasteiger partial charge in [-0.15, -0.1) is 6.58 Å². The molecule has 2 unspecified atom stereocenters. The monoisotopic (exact) mass is 232 g/mol. The lowest BCUT2D eigenvalue weighted by Gasteiger charge is -2.31. The van der Waals surface area contributed by atoms with Crippen molar-refractivity contribution in [2.75, 3.05) is 0 Å². The van der Waals surface area contributed by atoms with Crippen molar-refractivity contribution in [3.05, 3.63) is 12.7 Å². The minimum atomic E-state index is -1.14. The molecule has 3 nitrogen and oxygen atoms in total. The van der Waals surface area contributed by atoms with E-state index in [4.69, 9.17) is 9.47 Å². The molecule has 0 aliphatic carbocycles. The summed E-state index contributed by atoms with van der Waals surface area (Å²) < 4.78 is 23.8. The Labute approximate surface area is 96.6 Å². The van der Waals surface area contributed by atoms with Gasteiger partial charge in [0.15, 0.2) is 0 Å². The smallest absolute Gasteiger partial charge is 0.305 e. The average molecular weight is 232 g/mol. The summed E-state index contributed by atoms with van der Waals surface area (Å²) in [6.45, 7) is 11.4. The summed E-state index contributed by atoms with van der Waals surface area (Å²) in [6, 6.07) is 0. The van der Waals surface area contributed by atoms with Gasteiger partial charge in [0, 0.05) is 26.7 Å². The second-order valence-corrected chi connectivity index (χ2v) is 4.36. The molecule has 4 heteroatoms. The summed E-state index contributed by atoms with van der Waals surface area (Å²) >= 11 is 0. The third kappa shape index (κ3) is 5.26. The summed E-state index contributed by atoms with van der Waals surface area (Å²) in [5, 5.41) is 0. The van der Waals surface area contributed by atoms with Gasteiger partial charge in [-0.2, -0.15) is 0 Å². The first-order valence-electron chi connectivity index (χ1n) is 5.33. The van der Waals surface area contributed by atoms with Crippen LogP contribution in [-0.4, -0.2) is 24.0 Å². The van der Waals surface area contributed by atoms with E-state index < -0.39 is 17.9 Å². The van der Waals surface area contributed by atoms with Crippen LogP contribution < -0.4 is 0 Å². The molecule has 0 fully saturated rings. The molecule has 0 bridgehead atoms. The SMILES string of the molecule is C=CC(F)[C@H](C)C(C)OC(C)(C)OC(C)=O. The number of hydrogen-bond donors (Lipinski definition) is 0. The maximum absolute atomic E-state index is 13.3. The molecule has 0 amide bonds. The summed E-state index contributed by atoms with van der Waals surface area (Å²) in [7, 11) is 0. The zero-order valence-corrected chi connectivity index (χ0v) is 10.6. The number of hydrogen-bond acceptors (Lipinski definition) is 3. The summed E-state index contributed by atoms with van der Waals surface area (Å²) in [6.07, 6.45) is -0.269. The average Bonchev–Trinajstić information content (AvgIpc) is 2.12. The van der Waals surface area contributed by atoms with Crippen LogP contribution in [0.1, 0.15) is 34.6 Å². The van der Waals surface area contributed by atoms with E-state index in [0.29, 0.717) is 0 Å². The second-order valence-electron chi connectivity index (χ2n) is 4.36. The quantitative estimate of drug-likeness (QED) is 0.401. The van der Waals surface area contributed by atoms with E-state index in [9.17, 15) is 9.18 Å². The van der Waals surface area contributed by atoms with Crippen molar-refractivity contribution >= 4 is 5.97 Å². The molecule has 0 aromatic carbocycles. The van der Waals surface area contributed by atoms with Crippen molar-refractivity contribution in [2.45, 2.75) is 52.7 Å². The molecule has 0 rings (SSSR count). The third-order valence-corrected chi connectivity index (χ3v) is 2.33. The first kappa shape index (κ1) is 15.1. The lowest BCUT2D eigenvalue weighted by molar-refractivity contribution is -0.236. The lowest BCUT2D eigenvalue weighted by atomic mass is 10.0. The highest BCUT2D eigenvalue weighted by Gasteiger charge is 2.29. The van der Waals surface area contributed by atoms with E-state index in [-0.39, 0.29) is 12.0 Å². The molecule has 0 aromatic rings. The van der Waals surface area contributed by atoms with Gasteiger partial charge in [-0.3, -0.25) is 4.79 Å². The number of halogens is 1. The summed E-state index contributed by atoms with van der Waals surface area (Å²) in [5.41, 5.74) is 0. The van der Waals surface area contributed by atoms with Crippen molar-refractivity contribution in [3.63, 3.8) is 0 Å². The van der Waals surface area contributed by atoms with Crippen LogP contribution in [0.5, 0.6) is 0 Å². The maximum atomic E-state index is 13.3. The molecule has 0 N–H and O–H groups in total. The maximum Gasteiger partial charge on any atom is 0.305 e. The fraction of sp³-hybridized carbons (Fsp3) is 0.750. The molecular weight excluding hydrogens is 211 g/mol. The van der Waals surface area contributed by atoms with E-state index in [2.05, 4.69) is 6.58 Å². The fourth-order valence-electron chi connectivity index (χ4n) is 1.40. The first-order chi connectivity index (χ1) is 7.19. The van der Waals surface area contributed by atoms with E-state index in [1.165, 1.54) is 13.0 Å². The Hall–Kier alpha value is -0.900. The van der Waals surface area contributed by atoms with Crippen LogP contribution >= 0.6 is 0 Å². The minimum Gasteiger partial charge on any atom is -0.434 e. The van der Waals surface area contributed by atoms with E-state index >= 15 is 0 Å². The topological polar surface area (TPSA) is 35.5 Å². The van der Waals surface area contributed by atoms with Crippen LogP contribution in [0.15, 0.2) is 12.7 Å². The number of esters is 1. The first-order valence-corrected chi connectivity index (χ1v) is 5.33. The van der Waals surface area contributed by atoms with Gasteiger partial charge in [0.2, 0.25) is 5.79 Å². The minimum absolute atomic E-state index is 0.340. The Bertz CT molecular complexity index is 251. The normalized spacial score (nSPS) is 17.4. The summed E-state index contributed by atoms with van der Waals surface area (Å²) in [4.78, 5) is 10.8. The Morgan fingerprint density at radius 3 is 2.31 bits per heavy atom. The number of rotatable bonds is 6. The van der Waals surface area contributed by atoms with Crippen molar-refractivity contribution in [2.24, 2.45) is 5.92 Å². The Morgan fingerprint density at radius 2 is 1.94 bits per heavy atom. The number of carbonyl (C=O) groups excluding carboxylic acids is 1. The molecule has 0 saturated carbocycles. The van der Waals surface area contributed by atoms with E-state index in [1.54, 1.807) is 27.7 Å². The Kier molecular flexibility index (Phi) is 5.65. The highest BCUT2D eigenvalue weighted by Crippen LogP contribution is 2.22. The zero-order valence-electron chi connectivity index (χ0n) is 10.6. The van der Waals surface area contributed by atoms with Crippen LogP contribution in [0, 0.1) is 5.92 Å². The van der Waals surface area contributed by atoms with Gasteiger partial charge in [0.25, 0.3) is 0 Å². The van der Waals surface area contributed by atoms with Crippen LogP contribution in [0.3, 0.4) is 0 Å². The van der Waals surface area contributed by atoms with Gasteiger partial charge in [-0.1, -0.05) is 13.0 Å². The van der Waals surface area contributed by atoms with Gasteiger partial charge >= 0.3 is 5.97 Å². The molecule has 0 spiro atoms. The molecule has 3 atom stereocenters. The zero-order chi connectivity index (χ0) is 12.9. The highest BCUT2D eigenvalue weighted by atomic mass is 19.1. The third-order valence-electron chi connectivity index (χ3n) is 2.33. The van der Waals surface area contributed by atoms with Crippen LogP contribution in [0.2, 0.25) is 0 Å². The molecule has 0 aliphatic rings. The second kappa shape index (κ2) is 5.99. The van der Waals surface area contributed by atoms with Crippen molar-refractivity contribution < 1.29 is 18.7 Å². The number of alkyl halides is 1. The van der Waals surface area contributed by atoms with Crippen molar-refractivity contribution in [1.29, 1.82) is 0 Å². The molecule has 0 saturated heterocycles. The van der Waals surface area contributed by atoms with E-state index in [0.717, 1.165) is 0 Å². The van der Waals surface area contributed by atoms with Gasteiger partial charge in [0.05, 0.1) is 6.10 Å². The number of ether oxygens (including phenoxy) is 2. The highest BCUT2D eigenvalue weighted by molar-refractivity contribution is 5.66. The number of carbonyl (C=O) groups is 1. The van der Waals surface area contributed by atoms with Crippen LogP contribution in [0.25, 0.3) is 0 Å². The van der Waals surface area contributed by atoms with Gasteiger partial charge < -0.3 is 9.47 Å². The standard InChI is InChI=1S/C12H21FO3/c1-7-11(13)8(2)9(3)15-12(5,6)16-10(4)14/h7-9,11H,1H2,2-6H3/t8-,9?,11?/m1/s1.